The molecule has 0 aromatic heterocycles. The van der Waals surface area contributed by atoms with Gasteiger partial charge in [-0.25, -0.2) is 4.79 Å². The molecule has 0 N–H and O–H groups in total. The summed E-state index contributed by atoms with van der Waals surface area (Å²) in [5.41, 5.74) is 3.92. The van der Waals surface area contributed by atoms with Crippen LogP contribution in [0.1, 0.15) is 65.4 Å². The van der Waals surface area contributed by atoms with Gasteiger partial charge >= 0.3 is 18.2 Å². The summed E-state index contributed by atoms with van der Waals surface area (Å²) < 4.78 is 52.7. The minimum atomic E-state index is -4.78. The first-order valence-electron chi connectivity index (χ1n) is 13.7. The Balaban J connectivity index is 2.00. The minimum absolute atomic E-state index is 0.0201. The van der Waals surface area contributed by atoms with Crippen LogP contribution in [0.4, 0.5) is 13.2 Å². The summed E-state index contributed by atoms with van der Waals surface area (Å²) >= 11 is 0. The molecule has 0 spiro atoms. The van der Waals surface area contributed by atoms with Crippen LogP contribution in [0, 0.1) is 5.41 Å². The van der Waals surface area contributed by atoms with Crippen molar-refractivity contribution in [1.29, 1.82) is 0 Å². The van der Waals surface area contributed by atoms with Crippen LogP contribution in [0.2, 0.25) is 0 Å². The standard InChI is InChI=1S/C32H38F3NO5/c1-6-7-8-19-40-28-18-11-23(22-9-16-27(17-10-22)41-32(33,34)35)20-24(28)21-36(29(37)30(38)39-5)26-14-12-25(13-15-26)31(2,3)4/h9-12,14,16-18,20H,6-8,13,15,19,21H2,1-5H3. The van der Waals surface area contributed by atoms with E-state index in [1.807, 2.05) is 24.3 Å². The van der Waals surface area contributed by atoms with Crippen molar-refractivity contribution in [1.82, 2.24) is 4.90 Å². The average molecular weight is 574 g/mol. The summed E-state index contributed by atoms with van der Waals surface area (Å²) in [4.78, 5) is 27.0. The molecule has 0 fully saturated rings. The van der Waals surface area contributed by atoms with Crippen LogP contribution in [-0.4, -0.2) is 36.9 Å². The molecule has 1 aliphatic carbocycles. The summed E-state index contributed by atoms with van der Waals surface area (Å²) in [6.45, 7) is 9.01. The Morgan fingerprint density at radius 3 is 2.17 bits per heavy atom. The van der Waals surface area contributed by atoms with E-state index in [0.717, 1.165) is 25.7 Å². The monoisotopic (exact) mass is 573 g/mol. The third kappa shape index (κ3) is 9.13. The lowest BCUT2D eigenvalue weighted by Crippen LogP contribution is -2.37. The zero-order chi connectivity index (χ0) is 30.2. The van der Waals surface area contributed by atoms with Crippen molar-refractivity contribution < 1.29 is 37.0 Å². The van der Waals surface area contributed by atoms with Gasteiger partial charge < -0.3 is 19.1 Å². The van der Waals surface area contributed by atoms with E-state index in [4.69, 9.17) is 9.47 Å². The Kier molecular flexibility index (Phi) is 10.7. The van der Waals surface area contributed by atoms with Gasteiger partial charge in [-0.05, 0) is 66.1 Å². The number of hydrogen-bond acceptors (Lipinski definition) is 5. The maximum Gasteiger partial charge on any atom is 0.573 e. The third-order valence-corrected chi connectivity index (χ3v) is 6.86. The van der Waals surface area contributed by atoms with Gasteiger partial charge in [0.1, 0.15) is 11.5 Å². The van der Waals surface area contributed by atoms with E-state index in [0.29, 0.717) is 41.2 Å². The molecule has 0 heterocycles. The van der Waals surface area contributed by atoms with Gasteiger partial charge in [0.15, 0.2) is 0 Å². The molecule has 0 bridgehead atoms. The number of ether oxygens (including phenoxy) is 3. The highest BCUT2D eigenvalue weighted by molar-refractivity contribution is 6.32. The largest absolute Gasteiger partial charge is 0.573 e. The second-order valence-electron chi connectivity index (χ2n) is 10.9. The van der Waals surface area contributed by atoms with Gasteiger partial charge in [-0.15, -0.1) is 13.2 Å². The van der Waals surface area contributed by atoms with Crippen LogP contribution in [0.3, 0.4) is 0 Å². The number of esters is 1. The molecule has 222 valence electrons. The Hall–Kier alpha value is -3.75. The fourth-order valence-corrected chi connectivity index (χ4v) is 4.55. The highest BCUT2D eigenvalue weighted by Crippen LogP contribution is 2.36. The molecule has 9 heteroatoms. The molecule has 2 aromatic rings. The normalized spacial score (nSPS) is 13.7. The number of alkyl halides is 3. The topological polar surface area (TPSA) is 65.1 Å². The third-order valence-electron chi connectivity index (χ3n) is 6.86. The van der Waals surface area contributed by atoms with E-state index in [9.17, 15) is 22.8 Å². The smallest absolute Gasteiger partial charge is 0.493 e. The number of hydrogen-bond donors (Lipinski definition) is 0. The number of allylic oxidation sites excluding steroid dienone is 4. The van der Waals surface area contributed by atoms with Crippen molar-refractivity contribution in [3.8, 4) is 22.6 Å². The van der Waals surface area contributed by atoms with Crippen LogP contribution in [0.5, 0.6) is 11.5 Å². The van der Waals surface area contributed by atoms with Crippen molar-refractivity contribution in [3.63, 3.8) is 0 Å². The van der Waals surface area contributed by atoms with Crippen LogP contribution in [0.15, 0.2) is 65.9 Å². The number of carbonyl (C=O) groups is 2. The quantitative estimate of drug-likeness (QED) is 0.164. The molecule has 0 saturated carbocycles. The number of benzene rings is 2. The number of unbranched alkanes of at least 4 members (excludes halogenated alkanes) is 2. The van der Waals surface area contributed by atoms with Crippen LogP contribution in [-0.2, 0) is 20.9 Å². The molecule has 0 saturated heterocycles. The van der Waals surface area contributed by atoms with E-state index in [-0.39, 0.29) is 17.7 Å². The lowest BCUT2D eigenvalue weighted by Gasteiger charge is -2.31. The van der Waals surface area contributed by atoms with Gasteiger partial charge in [0.05, 0.1) is 20.3 Å². The summed E-state index contributed by atoms with van der Waals surface area (Å²) in [7, 11) is 1.17. The summed E-state index contributed by atoms with van der Waals surface area (Å²) in [6, 6.07) is 11.0. The molecule has 0 unspecified atom stereocenters. The number of carbonyl (C=O) groups excluding carboxylic acids is 2. The van der Waals surface area contributed by atoms with Gasteiger partial charge in [-0.2, -0.15) is 0 Å². The highest BCUT2D eigenvalue weighted by Gasteiger charge is 2.31. The fraction of sp³-hybridized carbons (Fsp3) is 0.438. The summed E-state index contributed by atoms with van der Waals surface area (Å²) in [5, 5.41) is 0. The molecule has 0 aliphatic heterocycles. The van der Waals surface area contributed by atoms with Crippen molar-refractivity contribution in [2.45, 2.75) is 72.7 Å². The Morgan fingerprint density at radius 1 is 0.927 bits per heavy atom. The molecule has 41 heavy (non-hydrogen) atoms. The molecule has 0 radical (unpaired) electrons. The van der Waals surface area contributed by atoms with E-state index in [1.54, 1.807) is 6.07 Å². The van der Waals surface area contributed by atoms with Crippen molar-refractivity contribution in [2.75, 3.05) is 13.7 Å². The predicted molar refractivity (Wildman–Crippen MR) is 151 cm³/mol. The maximum absolute atomic E-state index is 13.2. The van der Waals surface area contributed by atoms with Crippen LogP contribution in [0.25, 0.3) is 11.1 Å². The average Bonchev–Trinajstić information content (AvgIpc) is 2.93. The van der Waals surface area contributed by atoms with Gasteiger partial charge in [0.25, 0.3) is 0 Å². The molecule has 0 atom stereocenters. The van der Waals surface area contributed by atoms with E-state index in [2.05, 4.69) is 32.4 Å². The van der Waals surface area contributed by atoms with Gasteiger partial charge in [-0.1, -0.05) is 70.4 Å². The first kappa shape index (κ1) is 31.8. The lowest BCUT2D eigenvalue weighted by molar-refractivity contribution is -0.274. The van der Waals surface area contributed by atoms with Crippen LogP contribution >= 0.6 is 0 Å². The van der Waals surface area contributed by atoms with Crippen molar-refractivity contribution >= 4 is 11.9 Å². The number of rotatable bonds is 10. The van der Waals surface area contributed by atoms with Crippen molar-refractivity contribution in [3.05, 3.63) is 71.5 Å². The van der Waals surface area contributed by atoms with Gasteiger partial charge in [-0.3, -0.25) is 4.79 Å². The second-order valence-corrected chi connectivity index (χ2v) is 10.9. The SMILES string of the molecule is CCCCCOc1ccc(-c2ccc(OC(F)(F)F)cc2)cc1CN(C(=O)C(=O)OC)C1=CC=C(C(C)(C)C)CC1. The first-order valence-corrected chi connectivity index (χ1v) is 13.7. The maximum atomic E-state index is 13.2. The Labute approximate surface area is 239 Å². The molecule has 2 aromatic carbocycles. The lowest BCUT2D eigenvalue weighted by atomic mass is 9.81. The number of nitrogens with zero attached hydrogens (tertiary/aromatic N) is 1. The van der Waals surface area contributed by atoms with Gasteiger partial charge in [0.2, 0.25) is 0 Å². The fourth-order valence-electron chi connectivity index (χ4n) is 4.55. The second kappa shape index (κ2) is 13.7. The Bertz CT molecular complexity index is 1270. The minimum Gasteiger partial charge on any atom is -0.493 e. The van der Waals surface area contributed by atoms with E-state index < -0.39 is 18.2 Å². The zero-order valence-corrected chi connectivity index (χ0v) is 24.3. The highest BCUT2D eigenvalue weighted by atomic mass is 19.4. The number of methoxy groups -OCH3 is 1. The number of halogens is 3. The van der Waals surface area contributed by atoms with E-state index in [1.165, 1.54) is 41.8 Å². The summed E-state index contributed by atoms with van der Waals surface area (Å²) in [6.07, 6.45) is 3.29. The molecule has 3 rings (SSSR count). The van der Waals surface area contributed by atoms with Crippen LogP contribution < -0.4 is 9.47 Å². The first-order chi connectivity index (χ1) is 19.3. The predicted octanol–water partition coefficient (Wildman–Crippen LogP) is 7.97. The Morgan fingerprint density at radius 2 is 1.61 bits per heavy atom. The molecular formula is C32H38F3NO5. The molecule has 1 aliphatic rings. The van der Waals surface area contributed by atoms with Gasteiger partial charge in [0, 0.05) is 11.3 Å². The molecule has 1 amide bonds. The molecule has 6 nitrogen and oxygen atoms in total. The molecular weight excluding hydrogens is 535 g/mol. The number of amides is 1. The van der Waals surface area contributed by atoms with Crippen molar-refractivity contribution in [2.24, 2.45) is 5.41 Å². The zero-order valence-electron chi connectivity index (χ0n) is 24.3. The van der Waals surface area contributed by atoms with E-state index >= 15 is 0 Å². The summed E-state index contributed by atoms with van der Waals surface area (Å²) in [5.74, 6) is -1.52.